The molecule has 0 bridgehead atoms. The van der Waals surface area contributed by atoms with Gasteiger partial charge in [-0.3, -0.25) is 4.79 Å². The second-order valence-electron chi connectivity index (χ2n) is 8.66. The van der Waals surface area contributed by atoms with E-state index in [-0.39, 0.29) is 31.1 Å². The predicted molar refractivity (Wildman–Crippen MR) is 125 cm³/mol. The van der Waals surface area contributed by atoms with Crippen LogP contribution in [0.5, 0.6) is 0 Å². The summed E-state index contributed by atoms with van der Waals surface area (Å²) in [6, 6.07) is 15.6. The third-order valence-electron chi connectivity index (χ3n) is 6.54. The van der Waals surface area contributed by atoms with E-state index in [0.717, 1.165) is 22.3 Å². The number of aliphatic carboxylic acids is 1. The van der Waals surface area contributed by atoms with E-state index in [2.05, 4.69) is 29.6 Å². The third kappa shape index (κ3) is 5.22. The Bertz CT molecular complexity index is 1000. The van der Waals surface area contributed by atoms with Gasteiger partial charge in [0.2, 0.25) is 5.91 Å². The average Bonchev–Trinajstić information content (AvgIpc) is 3.18. The van der Waals surface area contributed by atoms with Gasteiger partial charge in [0, 0.05) is 19.0 Å². The number of nitrogens with zero attached hydrogens (tertiary/aromatic N) is 1. The van der Waals surface area contributed by atoms with Crippen molar-refractivity contribution < 1.29 is 29.0 Å². The van der Waals surface area contributed by atoms with Gasteiger partial charge in [0.05, 0.1) is 6.10 Å². The number of benzene rings is 2. The molecule has 8 heteroatoms. The van der Waals surface area contributed by atoms with Crippen LogP contribution in [0.2, 0.25) is 0 Å². The van der Waals surface area contributed by atoms with Gasteiger partial charge >= 0.3 is 12.1 Å². The summed E-state index contributed by atoms with van der Waals surface area (Å²) in [4.78, 5) is 37.9. The Balaban J connectivity index is 1.30. The van der Waals surface area contributed by atoms with E-state index in [1.54, 1.807) is 4.90 Å². The Morgan fingerprint density at radius 2 is 1.62 bits per heavy atom. The second-order valence-corrected chi connectivity index (χ2v) is 8.66. The van der Waals surface area contributed by atoms with Crippen molar-refractivity contribution in [2.24, 2.45) is 0 Å². The number of carbonyl (C=O) groups excluding carboxylic acids is 2. The van der Waals surface area contributed by atoms with Crippen LogP contribution in [0.15, 0.2) is 48.5 Å². The molecule has 2 amide bonds. The summed E-state index contributed by atoms with van der Waals surface area (Å²) in [5.41, 5.74) is 4.58. The number of fused-ring (bicyclic) bond motifs is 3. The predicted octanol–water partition coefficient (Wildman–Crippen LogP) is 3.40. The molecule has 0 radical (unpaired) electrons. The fourth-order valence-electron chi connectivity index (χ4n) is 4.77. The normalized spacial score (nSPS) is 16.4. The highest BCUT2D eigenvalue weighted by Gasteiger charge is 2.31. The largest absolute Gasteiger partial charge is 0.480 e. The smallest absolute Gasteiger partial charge is 0.407 e. The van der Waals surface area contributed by atoms with E-state index in [1.807, 2.05) is 31.2 Å². The summed E-state index contributed by atoms with van der Waals surface area (Å²) < 4.78 is 10.9. The van der Waals surface area contributed by atoms with Crippen LogP contribution in [0.3, 0.4) is 0 Å². The minimum Gasteiger partial charge on any atom is -0.480 e. The van der Waals surface area contributed by atoms with E-state index in [0.29, 0.717) is 32.4 Å². The van der Waals surface area contributed by atoms with Gasteiger partial charge in [-0.25, -0.2) is 9.59 Å². The first kappa shape index (κ1) is 23.8. The first-order valence-corrected chi connectivity index (χ1v) is 11.7. The number of likely N-dealkylation sites (tertiary alicyclic amines) is 1. The highest BCUT2D eigenvalue weighted by molar-refractivity contribution is 5.86. The maximum atomic E-state index is 12.9. The van der Waals surface area contributed by atoms with E-state index in [9.17, 15) is 14.4 Å². The van der Waals surface area contributed by atoms with Gasteiger partial charge in [0.1, 0.15) is 19.3 Å². The second kappa shape index (κ2) is 10.7. The highest BCUT2D eigenvalue weighted by Crippen LogP contribution is 2.44. The van der Waals surface area contributed by atoms with Gasteiger partial charge < -0.3 is 24.8 Å². The van der Waals surface area contributed by atoms with Crippen LogP contribution in [0.1, 0.15) is 43.2 Å². The molecule has 1 heterocycles. The molecule has 2 aromatic rings. The topological polar surface area (TPSA) is 105 Å². The molecule has 4 rings (SSSR count). The average molecular weight is 467 g/mol. The van der Waals surface area contributed by atoms with Crippen LogP contribution in [-0.4, -0.2) is 66.4 Å². The Morgan fingerprint density at radius 3 is 2.18 bits per heavy atom. The number of alkyl carbamates (subject to hydrolysis) is 1. The lowest BCUT2D eigenvalue weighted by molar-refractivity contribution is -0.147. The highest BCUT2D eigenvalue weighted by atomic mass is 16.5. The lowest BCUT2D eigenvalue weighted by Crippen LogP contribution is -2.51. The Morgan fingerprint density at radius 1 is 1.03 bits per heavy atom. The molecule has 2 aromatic carbocycles. The van der Waals surface area contributed by atoms with Crippen LogP contribution >= 0.6 is 0 Å². The molecular formula is C26H30N2O6. The van der Waals surface area contributed by atoms with Gasteiger partial charge in [0.25, 0.3) is 0 Å². The fourth-order valence-corrected chi connectivity index (χ4v) is 4.77. The molecule has 0 saturated carbocycles. The van der Waals surface area contributed by atoms with Crippen molar-refractivity contribution >= 4 is 18.0 Å². The molecule has 1 aliphatic heterocycles. The van der Waals surface area contributed by atoms with Crippen molar-refractivity contribution in [3.05, 3.63) is 59.7 Å². The van der Waals surface area contributed by atoms with Crippen LogP contribution < -0.4 is 5.32 Å². The quantitative estimate of drug-likeness (QED) is 0.618. The van der Waals surface area contributed by atoms with E-state index < -0.39 is 18.1 Å². The molecular weight excluding hydrogens is 436 g/mol. The molecule has 0 spiro atoms. The van der Waals surface area contributed by atoms with Gasteiger partial charge in [0.15, 0.2) is 0 Å². The SMILES string of the molecule is CC[C@@H](NC(=O)OCC1c2ccccc2-c2ccccc21)C(=O)N1CCC(OCC(=O)O)CC1. The van der Waals surface area contributed by atoms with Crippen LogP contribution in [0, 0.1) is 0 Å². The maximum absolute atomic E-state index is 12.9. The number of piperidine rings is 1. The molecule has 1 atom stereocenters. The number of amides is 2. The minimum absolute atomic E-state index is 0.0428. The van der Waals surface area contributed by atoms with E-state index in [1.165, 1.54) is 0 Å². The number of nitrogens with one attached hydrogen (secondary N) is 1. The lowest BCUT2D eigenvalue weighted by Gasteiger charge is -2.33. The number of carbonyl (C=O) groups is 3. The molecule has 180 valence electrons. The lowest BCUT2D eigenvalue weighted by atomic mass is 9.98. The number of hydrogen-bond acceptors (Lipinski definition) is 5. The molecule has 0 unspecified atom stereocenters. The number of hydrogen-bond donors (Lipinski definition) is 2. The standard InChI is InChI=1S/C26H30N2O6/c1-2-23(25(31)28-13-11-17(12-14-28)33-16-24(29)30)27-26(32)34-15-22-20-9-5-3-7-18(20)19-8-4-6-10-21(19)22/h3-10,17,22-23H,2,11-16H2,1H3,(H,27,32)(H,29,30)/t23-/m1/s1. The van der Waals surface area contributed by atoms with Crippen LogP contribution in [-0.2, 0) is 19.1 Å². The van der Waals surface area contributed by atoms with E-state index in [4.69, 9.17) is 14.6 Å². The maximum Gasteiger partial charge on any atom is 0.407 e. The molecule has 1 aliphatic carbocycles. The van der Waals surface area contributed by atoms with Gasteiger partial charge in [-0.2, -0.15) is 0 Å². The Hall–Kier alpha value is -3.39. The van der Waals surface area contributed by atoms with E-state index >= 15 is 0 Å². The van der Waals surface area contributed by atoms with Crippen LogP contribution in [0.25, 0.3) is 11.1 Å². The third-order valence-corrected chi connectivity index (χ3v) is 6.54. The molecule has 2 aliphatic rings. The van der Waals surface area contributed by atoms with Crippen molar-refractivity contribution in [1.29, 1.82) is 0 Å². The van der Waals surface area contributed by atoms with Gasteiger partial charge in [-0.1, -0.05) is 55.5 Å². The summed E-state index contributed by atoms with van der Waals surface area (Å²) in [6.07, 6.45) is 0.802. The van der Waals surface area contributed by atoms with Crippen molar-refractivity contribution in [2.45, 2.75) is 44.2 Å². The number of carboxylic acid groups (broad SMARTS) is 1. The number of ether oxygens (including phenoxy) is 2. The fraction of sp³-hybridized carbons (Fsp3) is 0.423. The Labute approximate surface area is 198 Å². The minimum atomic E-state index is -1.00. The van der Waals surface area contributed by atoms with Gasteiger partial charge in [-0.15, -0.1) is 0 Å². The summed E-state index contributed by atoms with van der Waals surface area (Å²) >= 11 is 0. The zero-order valence-electron chi connectivity index (χ0n) is 19.2. The first-order valence-electron chi connectivity index (χ1n) is 11.7. The zero-order chi connectivity index (χ0) is 24.1. The number of rotatable bonds is 8. The van der Waals surface area contributed by atoms with Crippen LogP contribution in [0.4, 0.5) is 4.79 Å². The Kier molecular flexibility index (Phi) is 7.47. The van der Waals surface area contributed by atoms with Gasteiger partial charge in [-0.05, 0) is 41.5 Å². The summed E-state index contributed by atoms with van der Waals surface area (Å²) in [7, 11) is 0. The number of carboxylic acids is 1. The van der Waals surface area contributed by atoms with Crippen molar-refractivity contribution in [2.75, 3.05) is 26.3 Å². The summed E-state index contributed by atoms with van der Waals surface area (Å²) in [5, 5.41) is 11.5. The molecule has 2 N–H and O–H groups in total. The van der Waals surface area contributed by atoms with Crippen molar-refractivity contribution in [3.8, 4) is 11.1 Å². The molecule has 0 aromatic heterocycles. The van der Waals surface area contributed by atoms with Crippen molar-refractivity contribution in [1.82, 2.24) is 10.2 Å². The monoisotopic (exact) mass is 466 g/mol. The summed E-state index contributed by atoms with van der Waals surface area (Å²) in [6.45, 7) is 2.63. The van der Waals surface area contributed by atoms with Crippen molar-refractivity contribution in [3.63, 3.8) is 0 Å². The zero-order valence-corrected chi connectivity index (χ0v) is 19.2. The molecule has 8 nitrogen and oxygen atoms in total. The molecule has 1 saturated heterocycles. The molecule has 1 fully saturated rings. The first-order chi connectivity index (χ1) is 16.5. The molecule has 34 heavy (non-hydrogen) atoms. The summed E-state index contributed by atoms with van der Waals surface area (Å²) in [5.74, 6) is -1.21.